The van der Waals surface area contributed by atoms with Gasteiger partial charge < -0.3 is 10.3 Å². The summed E-state index contributed by atoms with van der Waals surface area (Å²) in [6, 6.07) is 17.5. The van der Waals surface area contributed by atoms with Crippen LogP contribution in [0.1, 0.15) is 62.6 Å². The summed E-state index contributed by atoms with van der Waals surface area (Å²) < 4.78 is 0. The van der Waals surface area contributed by atoms with Crippen molar-refractivity contribution in [1.29, 1.82) is 0 Å². The summed E-state index contributed by atoms with van der Waals surface area (Å²) in [5.74, 6) is 0.935. The number of nitrogens with one attached hydrogen (secondary N) is 2. The number of aromatic nitrogens is 1. The third-order valence-electron chi connectivity index (χ3n) is 7.85. The Morgan fingerprint density at radius 1 is 1.06 bits per heavy atom. The number of fused-ring (bicyclic) bond motifs is 2. The molecule has 1 aromatic heterocycles. The zero-order valence-electron chi connectivity index (χ0n) is 20.1. The average molecular weight is 444 g/mol. The molecule has 0 radical (unpaired) electrons. The molecule has 4 nitrogen and oxygen atoms in total. The molecule has 5 rings (SSSR count). The molecule has 0 spiro atoms. The van der Waals surface area contributed by atoms with E-state index in [-0.39, 0.29) is 11.3 Å². The van der Waals surface area contributed by atoms with E-state index >= 15 is 0 Å². The minimum Gasteiger partial charge on any atom is -0.361 e. The Morgan fingerprint density at radius 3 is 2.67 bits per heavy atom. The SMILES string of the molecule is CC1(C)CN(CCC2CCC(NC(=O)Cc3c[nH]c4ccccc34)CC2)Cc2ccccc21. The van der Waals surface area contributed by atoms with E-state index in [9.17, 15) is 4.79 Å². The van der Waals surface area contributed by atoms with Gasteiger partial charge in [0, 0.05) is 41.6 Å². The summed E-state index contributed by atoms with van der Waals surface area (Å²) in [5, 5.41) is 4.46. The highest BCUT2D eigenvalue weighted by atomic mass is 16.1. The fraction of sp³-hybridized carbons (Fsp3) is 0.483. The van der Waals surface area contributed by atoms with Gasteiger partial charge in [0.15, 0.2) is 0 Å². The third-order valence-corrected chi connectivity index (χ3v) is 7.85. The number of nitrogens with zero attached hydrogens (tertiary/aromatic N) is 1. The monoisotopic (exact) mass is 443 g/mol. The van der Waals surface area contributed by atoms with Crippen molar-refractivity contribution >= 4 is 16.8 Å². The van der Waals surface area contributed by atoms with E-state index < -0.39 is 0 Å². The highest BCUT2D eigenvalue weighted by molar-refractivity contribution is 5.88. The number of H-pyrrole nitrogens is 1. The van der Waals surface area contributed by atoms with Crippen molar-refractivity contribution in [3.63, 3.8) is 0 Å². The number of para-hydroxylation sites is 1. The van der Waals surface area contributed by atoms with Crippen LogP contribution >= 0.6 is 0 Å². The molecule has 2 aliphatic rings. The van der Waals surface area contributed by atoms with E-state index in [1.54, 1.807) is 0 Å². The zero-order valence-corrected chi connectivity index (χ0v) is 20.1. The summed E-state index contributed by atoms with van der Waals surface area (Å²) in [4.78, 5) is 18.6. The first-order chi connectivity index (χ1) is 16.0. The Bertz CT molecular complexity index is 1110. The van der Waals surface area contributed by atoms with E-state index in [1.807, 2.05) is 18.3 Å². The van der Waals surface area contributed by atoms with E-state index in [0.717, 1.165) is 48.3 Å². The molecule has 0 atom stereocenters. The average Bonchev–Trinajstić information content (AvgIpc) is 3.21. The van der Waals surface area contributed by atoms with Gasteiger partial charge in [-0.2, -0.15) is 0 Å². The Labute approximate surface area is 197 Å². The predicted octanol–water partition coefficient (Wildman–Crippen LogP) is 5.57. The summed E-state index contributed by atoms with van der Waals surface area (Å²) in [6.07, 6.45) is 8.38. The fourth-order valence-electron chi connectivity index (χ4n) is 6.11. The number of rotatable bonds is 6. The number of hydrogen-bond acceptors (Lipinski definition) is 2. The van der Waals surface area contributed by atoms with Crippen LogP contribution in [0, 0.1) is 5.92 Å². The van der Waals surface area contributed by atoms with Crippen molar-refractivity contribution in [3.8, 4) is 0 Å². The highest BCUT2D eigenvalue weighted by Crippen LogP contribution is 2.34. The molecule has 174 valence electrons. The Kier molecular flexibility index (Phi) is 6.29. The number of hydrogen-bond donors (Lipinski definition) is 2. The van der Waals surface area contributed by atoms with Crippen LogP contribution in [0.4, 0.5) is 0 Å². The van der Waals surface area contributed by atoms with Crippen LogP contribution in [0.3, 0.4) is 0 Å². The van der Waals surface area contributed by atoms with Crippen molar-refractivity contribution in [2.45, 2.75) is 70.4 Å². The molecular weight excluding hydrogens is 406 g/mol. The second-order valence-corrected chi connectivity index (χ2v) is 10.9. The standard InChI is InChI=1S/C29H37N3O/c1-29(2)20-32(19-22-7-3-5-9-26(22)29)16-15-21-11-13-24(14-12-21)31-28(33)17-23-18-30-27-10-6-4-8-25(23)27/h3-10,18,21,24,30H,11-17,19-20H2,1-2H3,(H,31,33). The lowest BCUT2D eigenvalue weighted by atomic mass is 9.78. The molecule has 1 saturated carbocycles. The third kappa shape index (κ3) is 5.01. The zero-order chi connectivity index (χ0) is 22.8. The van der Waals surface area contributed by atoms with Gasteiger partial charge in [0.25, 0.3) is 0 Å². The van der Waals surface area contributed by atoms with Crippen LogP contribution in [0.5, 0.6) is 0 Å². The number of carbonyl (C=O) groups is 1. The van der Waals surface area contributed by atoms with Crippen LogP contribution < -0.4 is 5.32 Å². The maximum absolute atomic E-state index is 12.7. The fourth-order valence-corrected chi connectivity index (χ4v) is 6.11. The van der Waals surface area contributed by atoms with Crippen molar-refractivity contribution < 1.29 is 4.79 Å². The first kappa shape index (κ1) is 22.2. The normalized spacial score (nSPS) is 22.7. The van der Waals surface area contributed by atoms with Crippen LogP contribution in [0.15, 0.2) is 54.7 Å². The summed E-state index contributed by atoms with van der Waals surface area (Å²) >= 11 is 0. The molecular formula is C29H37N3O. The van der Waals surface area contributed by atoms with Gasteiger partial charge in [-0.15, -0.1) is 0 Å². The molecule has 3 aromatic rings. The first-order valence-corrected chi connectivity index (χ1v) is 12.6. The van der Waals surface area contributed by atoms with Crippen LogP contribution in [0.2, 0.25) is 0 Å². The van der Waals surface area contributed by atoms with E-state index in [0.29, 0.717) is 12.5 Å². The number of carbonyl (C=O) groups excluding carboxylic acids is 1. The van der Waals surface area contributed by atoms with Gasteiger partial charge >= 0.3 is 0 Å². The van der Waals surface area contributed by atoms with Crippen LogP contribution in [0.25, 0.3) is 10.9 Å². The molecule has 2 heterocycles. The second kappa shape index (κ2) is 9.34. The molecule has 33 heavy (non-hydrogen) atoms. The van der Waals surface area contributed by atoms with Gasteiger partial charge in [-0.05, 0) is 67.3 Å². The van der Waals surface area contributed by atoms with Crippen molar-refractivity contribution in [1.82, 2.24) is 15.2 Å². The Balaban J connectivity index is 1.07. The molecule has 0 bridgehead atoms. The van der Waals surface area contributed by atoms with Gasteiger partial charge in [0.1, 0.15) is 0 Å². The van der Waals surface area contributed by atoms with Gasteiger partial charge in [-0.1, -0.05) is 56.3 Å². The largest absolute Gasteiger partial charge is 0.361 e. The second-order valence-electron chi connectivity index (χ2n) is 10.9. The van der Waals surface area contributed by atoms with E-state index in [2.05, 4.69) is 65.4 Å². The van der Waals surface area contributed by atoms with Crippen molar-refractivity contribution in [3.05, 3.63) is 71.4 Å². The number of benzene rings is 2. The Hall–Kier alpha value is -2.59. The lowest BCUT2D eigenvalue weighted by molar-refractivity contribution is -0.121. The first-order valence-electron chi connectivity index (χ1n) is 12.6. The highest BCUT2D eigenvalue weighted by Gasteiger charge is 2.31. The summed E-state index contributed by atoms with van der Waals surface area (Å²) in [6.45, 7) is 8.16. The Morgan fingerprint density at radius 2 is 1.82 bits per heavy atom. The molecule has 0 unspecified atom stereocenters. The van der Waals surface area contributed by atoms with Gasteiger partial charge in [-0.3, -0.25) is 9.69 Å². The minimum absolute atomic E-state index is 0.150. The van der Waals surface area contributed by atoms with Crippen molar-refractivity contribution in [2.75, 3.05) is 13.1 Å². The van der Waals surface area contributed by atoms with Crippen molar-refractivity contribution in [2.24, 2.45) is 5.92 Å². The molecule has 2 aromatic carbocycles. The molecule has 1 aliphatic carbocycles. The van der Waals surface area contributed by atoms with Crippen LogP contribution in [-0.4, -0.2) is 34.9 Å². The van der Waals surface area contributed by atoms with Gasteiger partial charge in [0.2, 0.25) is 5.91 Å². The number of amides is 1. The number of aromatic amines is 1. The minimum atomic E-state index is 0.150. The predicted molar refractivity (Wildman–Crippen MR) is 135 cm³/mol. The lowest BCUT2D eigenvalue weighted by Gasteiger charge is -2.40. The lowest BCUT2D eigenvalue weighted by Crippen LogP contribution is -2.43. The molecule has 1 fully saturated rings. The van der Waals surface area contributed by atoms with Gasteiger partial charge in [0.05, 0.1) is 6.42 Å². The summed E-state index contributed by atoms with van der Waals surface area (Å²) in [7, 11) is 0. The van der Waals surface area contributed by atoms with Gasteiger partial charge in [-0.25, -0.2) is 0 Å². The topological polar surface area (TPSA) is 48.1 Å². The molecule has 4 heteroatoms. The van der Waals surface area contributed by atoms with Crippen LogP contribution in [-0.2, 0) is 23.2 Å². The summed E-state index contributed by atoms with van der Waals surface area (Å²) in [5.41, 5.74) is 5.42. The quantitative estimate of drug-likeness (QED) is 0.523. The molecule has 1 amide bonds. The molecule has 1 aliphatic heterocycles. The maximum Gasteiger partial charge on any atom is 0.224 e. The molecule has 0 saturated heterocycles. The van der Waals surface area contributed by atoms with E-state index in [4.69, 9.17) is 0 Å². The maximum atomic E-state index is 12.7. The van der Waals surface area contributed by atoms with E-state index in [1.165, 1.54) is 36.9 Å². The molecule has 2 N–H and O–H groups in total. The smallest absolute Gasteiger partial charge is 0.224 e.